The van der Waals surface area contributed by atoms with E-state index in [1.54, 1.807) is 18.3 Å². The van der Waals surface area contributed by atoms with E-state index >= 15 is 0 Å². The van der Waals surface area contributed by atoms with Crippen LogP contribution in [0.4, 0.5) is 0 Å². The summed E-state index contributed by atoms with van der Waals surface area (Å²) in [4.78, 5) is 4.10. The quantitative estimate of drug-likeness (QED) is 0.843. The van der Waals surface area contributed by atoms with Crippen molar-refractivity contribution in [3.05, 3.63) is 23.4 Å². The molecule has 2 rings (SSSR count). The number of hydrogen-bond donors (Lipinski definition) is 1. The summed E-state index contributed by atoms with van der Waals surface area (Å²) in [5.74, 6) is 0.526. The largest absolute Gasteiger partial charge is 0.473 e. The summed E-state index contributed by atoms with van der Waals surface area (Å²) >= 11 is 5.96. The van der Waals surface area contributed by atoms with Crippen LogP contribution in [0.5, 0.6) is 5.88 Å². The Morgan fingerprint density at radius 3 is 3.07 bits per heavy atom. The van der Waals surface area contributed by atoms with Crippen LogP contribution in [0, 0.1) is 0 Å². The Bertz CT molecular complexity index is 332. The van der Waals surface area contributed by atoms with Crippen molar-refractivity contribution >= 4 is 11.6 Å². The van der Waals surface area contributed by atoms with Gasteiger partial charge in [-0.05, 0) is 37.8 Å². The number of nitrogens with zero attached hydrogens (tertiary/aromatic N) is 1. The first-order chi connectivity index (χ1) is 7.25. The molecule has 1 heterocycles. The first-order valence-electron chi connectivity index (χ1n) is 5.28. The lowest BCUT2D eigenvalue weighted by atomic mass is 9.94. The van der Waals surface area contributed by atoms with E-state index in [2.05, 4.69) is 4.98 Å². The highest BCUT2D eigenvalue weighted by Gasteiger charge is 2.21. The van der Waals surface area contributed by atoms with Gasteiger partial charge in [0.05, 0.1) is 0 Å². The molecule has 1 aliphatic carbocycles. The molecular weight excluding hydrogens is 212 g/mol. The van der Waals surface area contributed by atoms with Crippen LogP contribution in [0.15, 0.2) is 18.3 Å². The Hall–Kier alpha value is -0.800. The van der Waals surface area contributed by atoms with E-state index in [9.17, 15) is 0 Å². The van der Waals surface area contributed by atoms with Gasteiger partial charge >= 0.3 is 0 Å². The van der Waals surface area contributed by atoms with Gasteiger partial charge in [0.25, 0.3) is 0 Å². The molecule has 4 heteroatoms. The van der Waals surface area contributed by atoms with Crippen LogP contribution in [0.1, 0.15) is 25.7 Å². The van der Waals surface area contributed by atoms with Gasteiger partial charge in [0, 0.05) is 12.2 Å². The molecule has 1 aromatic heterocycles. The molecule has 1 aliphatic rings. The molecular formula is C11H15ClN2O. The predicted molar refractivity (Wildman–Crippen MR) is 60.1 cm³/mol. The highest BCUT2D eigenvalue weighted by Crippen LogP contribution is 2.26. The monoisotopic (exact) mass is 226 g/mol. The number of pyridine rings is 1. The maximum absolute atomic E-state index is 5.96. The molecule has 0 spiro atoms. The van der Waals surface area contributed by atoms with Gasteiger partial charge in [-0.2, -0.15) is 0 Å². The van der Waals surface area contributed by atoms with E-state index in [4.69, 9.17) is 22.1 Å². The molecule has 2 N–H and O–H groups in total. The summed E-state index contributed by atoms with van der Waals surface area (Å²) in [5.41, 5.74) is 5.88. The molecule has 0 amide bonds. The second kappa shape index (κ2) is 4.81. The average molecular weight is 227 g/mol. The molecule has 1 fully saturated rings. The lowest BCUT2D eigenvalue weighted by Crippen LogP contribution is -2.33. The van der Waals surface area contributed by atoms with Gasteiger partial charge in [0.1, 0.15) is 11.1 Å². The lowest BCUT2D eigenvalue weighted by molar-refractivity contribution is 0.139. The molecule has 1 saturated carbocycles. The molecule has 3 nitrogen and oxygen atoms in total. The van der Waals surface area contributed by atoms with Crippen molar-refractivity contribution in [2.75, 3.05) is 0 Å². The van der Waals surface area contributed by atoms with Gasteiger partial charge in [-0.1, -0.05) is 11.6 Å². The normalized spacial score (nSPS) is 26.3. The van der Waals surface area contributed by atoms with E-state index in [1.165, 1.54) is 0 Å². The summed E-state index contributed by atoms with van der Waals surface area (Å²) in [5, 5.41) is 0.566. The fourth-order valence-electron chi connectivity index (χ4n) is 1.90. The van der Waals surface area contributed by atoms with E-state index in [0.717, 1.165) is 25.7 Å². The maximum Gasteiger partial charge on any atom is 0.232 e. The minimum absolute atomic E-state index is 0.168. The number of halogens is 1. The lowest BCUT2D eigenvalue weighted by Gasteiger charge is -2.26. The molecule has 0 bridgehead atoms. The Kier molecular flexibility index (Phi) is 3.44. The van der Waals surface area contributed by atoms with Gasteiger partial charge in [0.2, 0.25) is 5.88 Å². The standard InChI is InChI=1S/C11H15ClN2O/c12-10-5-2-6-14-11(10)15-9-4-1-3-8(13)7-9/h2,5-6,8-9H,1,3-4,7,13H2. The zero-order valence-electron chi connectivity index (χ0n) is 8.53. The molecule has 0 saturated heterocycles. The van der Waals surface area contributed by atoms with Crippen LogP contribution >= 0.6 is 11.6 Å². The molecule has 15 heavy (non-hydrogen) atoms. The molecule has 0 aromatic carbocycles. The van der Waals surface area contributed by atoms with E-state index in [0.29, 0.717) is 10.9 Å². The minimum Gasteiger partial charge on any atom is -0.473 e. The summed E-state index contributed by atoms with van der Waals surface area (Å²) in [6, 6.07) is 3.83. The van der Waals surface area contributed by atoms with Crippen molar-refractivity contribution in [1.29, 1.82) is 0 Å². The second-order valence-electron chi connectivity index (χ2n) is 3.96. The molecule has 0 aliphatic heterocycles. The van der Waals surface area contributed by atoms with Crippen LogP contribution in [-0.4, -0.2) is 17.1 Å². The third-order valence-electron chi connectivity index (χ3n) is 2.67. The van der Waals surface area contributed by atoms with E-state index < -0.39 is 0 Å². The predicted octanol–water partition coefficient (Wildman–Crippen LogP) is 2.38. The van der Waals surface area contributed by atoms with Crippen LogP contribution in [-0.2, 0) is 0 Å². The van der Waals surface area contributed by atoms with Crippen LogP contribution in [0.25, 0.3) is 0 Å². The van der Waals surface area contributed by atoms with Gasteiger partial charge in [-0.15, -0.1) is 0 Å². The van der Waals surface area contributed by atoms with Crippen LogP contribution in [0.2, 0.25) is 5.02 Å². The summed E-state index contributed by atoms with van der Waals surface area (Å²) < 4.78 is 5.73. The Labute approximate surface area is 94.6 Å². The number of hydrogen-bond acceptors (Lipinski definition) is 3. The molecule has 0 radical (unpaired) electrons. The zero-order chi connectivity index (χ0) is 10.7. The third kappa shape index (κ3) is 2.83. The summed E-state index contributed by atoms with van der Waals surface area (Å²) in [6.45, 7) is 0. The minimum atomic E-state index is 0.168. The van der Waals surface area contributed by atoms with E-state index in [1.807, 2.05) is 0 Å². The van der Waals surface area contributed by atoms with Crippen LogP contribution in [0.3, 0.4) is 0 Å². The average Bonchev–Trinajstić information content (AvgIpc) is 2.22. The van der Waals surface area contributed by atoms with Crippen molar-refractivity contribution < 1.29 is 4.74 Å². The number of aromatic nitrogens is 1. The van der Waals surface area contributed by atoms with E-state index in [-0.39, 0.29) is 12.1 Å². The Morgan fingerprint density at radius 2 is 2.33 bits per heavy atom. The van der Waals surface area contributed by atoms with Crippen molar-refractivity contribution in [3.63, 3.8) is 0 Å². The van der Waals surface area contributed by atoms with Crippen molar-refractivity contribution in [2.45, 2.75) is 37.8 Å². The van der Waals surface area contributed by atoms with Crippen molar-refractivity contribution in [1.82, 2.24) is 4.98 Å². The highest BCUT2D eigenvalue weighted by atomic mass is 35.5. The second-order valence-corrected chi connectivity index (χ2v) is 4.36. The van der Waals surface area contributed by atoms with Gasteiger partial charge in [-0.25, -0.2) is 4.98 Å². The molecule has 2 atom stereocenters. The summed E-state index contributed by atoms with van der Waals surface area (Å²) in [6.07, 6.45) is 6.00. The smallest absolute Gasteiger partial charge is 0.232 e. The zero-order valence-corrected chi connectivity index (χ0v) is 9.28. The Morgan fingerprint density at radius 1 is 1.47 bits per heavy atom. The highest BCUT2D eigenvalue weighted by molar-refractivity contribution is 6.31. The number of ether oxygens (including phenoxy) is 1. The fraction of sp³-hybridized carbons (Fsp3) is 0.545. The topological polar surface area (TPSA) is 48.1 Å². The van der Waals surface area contributed by atoms with Gasteiger partial charge < -0.3 is 10.5 Å². The number of rotatable bonds is 2. The molecule has 2 unspecified atom stereocenters. The molecule has 82 valence electrons. The first-order valence-corrected chi connectivity index (χ1v) is 5.66. The third-order valence-corrected chi connectivity index (χ3v) is 2.96. The first kappa shape index (κ1) is 10.7. The van der Waals surface area contributed by atoms with Crippen molar-refractivity contribution in [2.24, 2.45) is 5.73 Å². The number of nitrogens with two attached hydrogens (primary N) is 1. The van der Waals surface area contributed by atoms with Gasteiger partial charge in [0.15, 0.2) is 0 Å². The van der Waals surface area contributed by atoms with Crippen molar-refractivity contribution in [3.8, 4) is 5.88 Å². The Balaban J connectivity index is 1.99. The SMILES string of the molecule is NC1CCCC(Oc2ncccc2Cl)C1. The fourth-order valence-corrected chi connectivity index (χ4v) is 2.07. The molecule has 1 aromatic rings. The van der Waals surface area contributed by atoms with Crippen LogP contribution < -0.4 is 10.5 Å². The summed E-state index contributed by atoms with van der Waals surface area (Å²) in [7, 11) is 0. The maximum atomic E-state index is 5.96. The van der Waals surface area contributed by atoms with Gasteiger partial charge in [-0.3, -0.25) is 0 Å².